The van der Waals surface area contributed by atoms with Gasteiger partial charge in [-0.25, -0.2) is 4.99 Å². The third kappa shape index (κ3) is 3.06. The second-order valence-corrected chi connectivity index (χ2v) is 6.60. The van der Waals surface area contributed by atoms with Crippen molar-refractivity contribution in [3.05, 3.63) is 74.0 Å². The summed E-state index contributed by atoms with van der Waals surface area (Å²) in [6.45, 7) is 1.01. The predicted octanol–water partition coefficient (Wildman–Crippen LogP) is 1.20. The molecule has 0 saturated heterocycles. The van der Waals surface area contributed by atoms with Crippen LogP contribution in [0.1, 0.15) is 5.56 Å². The summed E-state index contributed by atoms with van der Waals surface area (Å²) in [5, 5.41) is 0. The van der Waals surface area contributed by atoms with Crippen LogP contribution in [0.2, 0.25) is 0 Å². The quantitative estimate of drug-likeness (QED) is 0.711. The van der Waals surface area contributed by atoms with Gasteiger partial charge in [0.2, 0.25) is 0 Å². The number of nitrogens with zero attached hydrogens (tertiary/aromatic N) is 4. The van der Waals surface area contributed by atoms with Gasteiger partial charge in [0.25, 0.3) is 5.56 Å². The number of hydrogen-bond acceptors (Lipinski definition) is 6. The number of benzene rings is 1. The molecule has 0 saturated carbocycles. The molecule has 0 N–H and O–H groups in total. The fourth-order valence-corrected chi connectivity index (χ4v) is 3.64. The van der Waals surface area contributed by atoms with Gasteiger partial charge in [0, 0.05) is 18.1 Å². The maximum absolute atomic E-state index is 12.7. The van der Waals surface area contributed by atoms with E-state index >= 15 is 0 Å². The molecule has 25 heavy (non-hydrogen) atoms. The van der Waals surface area contributed by atoms with Gasteiger partial charge in [0.05, 0.1) is 11.6 Å². The maximum atomic E-state index is 12.7. The Morgan fingerprint density at radius 1 is 1.24 bits per heavy atom. The van der Waals surface area contributed by atoms with E-state index in [9.17, 15) is 4.79 Å². The molecule has 3 aromatic rings. The smallest absolute Gasteiger partial charge is 0.271 e. The number of aromatic nitrogens is 2. The minimum atomic E-state index is -0.0224. The molecule has 0 amide bonds. The Hall–Kier alpha value is -2.93. The molecule has 3 heterocycles. The van der Waals surface area contributed by atoms with Crippen LogP contribution in [0.25, 0.3) is 6.08 Å². The van der Waals surface area contributed by atoms with Gasteiger partial charge in [-0.1, -0.05) is 17.4 Å². The van der Waals surface area contributed by atoms with Crippen molar-refractivity contribution >= 4 is 23.1 Å². The molecule has 1 aliphatic rings. The van der Waals surface area contributed by atoms with E-state index in [1.807, 2.05) is 42.5 Å². The van der Waals surface area contributed by atoms with Crippen LogP contribution < -0.4 is 24.5 Å². The molecule has 2 aromatic heterocycles. The van der Waals surface area contributed by atoms with Gasteiger partial charge in [-0.3, -0.25) is 14.3 Å². The van der Waals surface area contributed by atoms with Crippen LogP contribution in [0.15, 0.2) is 58.6 Å². The van der Waals surface area contributed by atoms with Gasteiger partial charge in [-0.15, -0.1) is 0 Å². The van der Waals surface area contributed by atoms with Gasteiger partial charge in [-0.05, 0) is 42.0 Å². The first-order chi connectivity index (χ1) is 12.2. The lowest BCUT2D eigenvalue weighted by Gasteiger charge is -2.25. The van der Waals surface area contributed by atoms with Gasteiger partial charge in [-0.2, -0.15) is 0 Å². The summed E-state index contributed by atoms with van der Waals surface area (Å²) in [6, 6.07) is 11.5. The van der Waals surface area contributed by atoms with Crippen molar-refractivity contribution in [3.8, 4) is 5.75 Å². The number of fused-ring (bicyclic) bond motifs is 1. The number of hydrogen-bond donors (Lipinski definition) is 0. The molecule has 1 aromatic carbocycles. The Morgan fingerprint density at radius 2 is 2.08 bits per heavy atom. The van der Waals surface area contributed by atoms with Crippen molar-refractivity contribution in [3.63, 3.8) is 0 Å². The van der Waals surface area contributed by atoms with E-state index in [-0.39, 0.29) is 5.56 Å². The molecule has 7 heteroatoms. The lowest BCUT2D eigenvalue weighted by molar-refractivity contribution is 0.414. The normalized spacial score (nSPS) is 14.1. The molecule has 0 fully saturated rings. The van der Waals surface area contributed by atoms with E-state index in [1.165, 1.54) is 11.3 Å². The number of rotatable bonds is 3. The van der Waals surface area contributed by atoms with Crippen LogP contribution in [0.4, 0.5) is 5.69 Å². The lowest BCUT2D eigenvalue weighted by atomic mass is 10.3. The minimum Gasteiger partial charge on any atom is -0.497 e. The fourth-order valence-electron chi connectivity index (χ4n) is 2.68. The zero-order valence-corrected chi connectivity index (χ0v) is 14.4. The number of ether oxygens (including phenoxy) is 1. The summed E-state index contributed by atoms with van der Waals surface area (Å²) in [4.78, 5) is 24.2. The minimum absolute atomic E-state index is 0.0224. The summed E-state index contributed by atoms with van der Waals surface area (Å²) >= 11 is 1.41. The van der Waals surface area contributed by atoms with E-state index in [0.717, 1.165) is 21.8 Å². The zero-order chi connectivity index (χ0) is 17.2. The predicted molar refractivity (Wildman–Crippen MR) is 97.5 cm³/mol. The zero-order valence-electron chi connectivity index (χ0n) is 13.6. The molecule has 0 atom stereocenters. The van der Waals surface area contributed by atoms with Crippen molar-refractivity contribution in [2.75, 3.05) is 18.7 Å². The standard InChI is InChI=1S/C18H16N4O2S/c1-24-15-6-4-14(5-7-15)21-11-20-18-22(12-21)17(23)16(25-18)9-13-3-2-8-19-10-13/h2-10H,11-12H2,1H3/b16-9-. The highest BCUT2D eigenvalue weighted by Crippen LogP contribution is 2.20. The molecule has 0 spiro atoms. The highest BCUT2D eigenvalue weighted by molar-refractivity contribution is 7.07. The highest BCUT2D eigenvalue weighted by atomic mass is 32.1. The summed E-state index contributed by atoms with van der Waals surface area (Å²) in [5.74, 6) is 0.805. The molecular formula is C18H16N4O2S. The Labute approximate surface area is 148 Å². The number of methoxy groups -OCH3 is 1. The first-order valence-corrected chi connectivity index (χ1v) is 8.61. The van der Waals surface area contributed by atoms with Crippen molar-refractivity contribution in [2.24, 2.45) is 4.99 Å². The van der Waals surface area contributed by atoms with E-state index in [2.05, 4.69) is 14.9 Å². The molecule has 126 valence electrons. The van der Waals surface area contributed by atoms with Gasteiger partial charge < -0.3 is 9.64 Å². The number of thiazole rings is 1. The number of anilines is 1. The van der Waals surface area contributed by atoms with Crippen LogP contribution in [0.3, 0.4) is 0 Å². The van der Waals surface area contributed by atoms with E-state index in [1.54, 1.807) is 24.1 Å². The molecule has 0 radical (unpaired) electrons. The second kappa shape index (κ2) is 6.52. The lowest BCUT2D eigenvalue weighted by Crippen LogP contribution is -2.42. The first-order valence-electron chi connectivity index (χ1n) is 7.79. The fraction of sp³-hybridized carbons (Fsp3) is 0.167. The molecule has 6 nitrogen and oxygen atoms in total. The Morgan fingerprint density at radius 3 is 2.80 bits per heavy atom. The number of pyridine rings is 1. The molecule has 0 unspecified atom stereocenters. The van der Waals surface area contributed by atoms with Crippen LogP contribution in [0, 0.1) is 0 Å². The van der Waals surface area contributed by atoms with Crippen molar-refractivity contribution < 1.29 is 4.74 Å². The van der Waals surface area contributed by atoms with Crippen molar-refractivity contribution in [2.45, 2.75) is 6.67 Å². The largest absolute Gasteiger partial charge is 0.497 e. The molecule has 1 aliphatic heterocycles. The average molecular weight is 352 g/mol. The molecule has 4 rings (SSSR count). The van der Waals surface area contributed by atoms with E-state index < -0.39 is 0 Å². The molecule has 0 bridgehead atoms. The topological polar surface area (TPSA) is 59.7 Å². The third-order valence-corrected chi connectivity index (χ3v) is 5.04. The van der Waals surface area contributed by atoms with Gasteiger partial charge in [0.15, 0.2) is 4.80 Å². The Bertz CT molecular complexity index is 1060. The first kappa shape index (κ1) is 15.6. The molecular weight excluding hydrogens is 336 g/mol. The Kier molecular flexibility index (Phi) is 4.07. The second-order valence-electron chi connectivity index (χ2n) is 5.59. The van der Waals surface area contributed by atoms with Crippen LogP contribution in [0.5, 0.6) is 5.75 Å². The van der Waals surface area contributed by atoms with Crippen molar-refractivity contribution in [1.29, 1.82) is 0 Å². The highest BCUT2D eigenvalue weighted by Gasteiger charge is 2.16. The van der Waals surface area contributed by atoms with E-state index in [4.69, 9.17) is 4.74 Å². The van der Waals surface area contributed by atoms with Crippen LogP contribution in [-0.4, -0.2) is 23.3 Å². The van der Waals surface area contributed by atoms with Crippen LogP contribution in [-0.2, 0) is 6.67 Å². The van der Waals surface area contributed by atoms with Gasteiger partial charge in [0.1, 0.15) is 19.1 Å². The van der Waals surface area contributed by atoms with Gasteiger partial charge >= 0.3 is 0 Å². The van der Waals surface area contributed by atoms with Crippen molar-refractivity contribution in [1.82, 2.24) is 9.55 Å². The summed E-state index contributed by atoms with van der Waals surface area (Å²) in [7, 11) is 1.64. The third-order valence-electron chi connectivity index (χ3n) is 4.00. The monoisotopic (exact) mass is 352 g/mol. The summed E-state index contributed by atoms with van der Waals surface area (Å²) < 4.78 is 7.57. The average Bonchev–Trinajstić information content (AvgIpc) is 2.98. The SMILES string of the molecule is COc1ccc(N2CN=c3s/c(=C\c4cccnc4)c(=O)n3C2)cc1. The van der Waals surface area contributed by atoms with Crippen LogP contribution >= 0.6 is 11.3 Å². The maximum Gasteiger partial charge on any atom is 0.271 e. The Balaban J connectivity index is 1.68. The summed E-state index contributed by atoms with van der Waals surface area (Å²) in [5.41, 5.74) is 1.89. The summed E-state index contributed by atoms with van der Waals surface area (Å²) in [6.07, 6.45) is 5.31. The molecule has 0 aliphatic carbocycles. The van der Waals surface area contributed by atoms with E-state index in [0.29, 0.717) is 17.9 Å².